The largest absolute Gasteiger partial charge is 0.0820 e. The summed E-state index contributed by atoms with van der Waals surface area (Å²) in [5.41, 5.74) is 0. The van der Waals surface area contributed by atoms with E-state index in [0.29, 0.717) is 0 Å². The molecule has 0 N–H and O–H groups in total. The van der Waals surface area contributed by atoms with Gasteiger partial charge in [-0.3, -0.25) is 0 Å². The van der Waals surface area contributed by atoms with Crippen molar-refractivity contribution in [2.24, 2.45) is 11.8 Å². The van der Waals surface area contributed by atoms with E-state index < -0.39 is 8.80 Å². The first-order valence-electron chi connectivity index (χ1n) is 4.17. The Morgan fingerprint density at radius 1 is 1.40 bits per heavy atom. The molecule has 0 saturated heterocycles. The van der Waals surface area contributed by atoms with E-state index in [-0.39, 0.29) is 0 Å². The van der Waals surface area contributed by atoms with E-state index in [1.54, 1.807) is 0 Å². The molecule has 0 amide bonds. The molecule has 54 valence electrons. The van der Waals surface area contributed by atoms with E-state index in [1.165, 1.54) is 6.42 Å². The third-order valence-electron chi connectivity index (χ3n) is 2.62. The van der Waals surface area contributed by atoms with Crippen molar-refractivity contribution < 1.29 is 0 Å². The molecule has 0 heterocycles. The molecule has 0 aliphatic heterocycles. The lowest BCUT2D eigenvalue weighted by Crippen LogP contribution is -2.10. The van der Waals surface area contributed by atoms with Crippen LogP contribution in [0.1, 0.15) is 6.42 Å². The number of hydrogen-bond acceptors (Lipinski definition) is 0. The van der Waals surface area contributed by atoms with Crippen molar-refractivity contribution in [1.29, 1.82) is 0 Å². The Bertz CT molecular complexity index is 201. The van der Waals surface area contributed by atoms with Gasteiger partial charge in [-0.05, 0) is 18.3 Å². The van der Waals surface area contributed by atoms with Gasteiger partial charge in [-0.1, -0.05) is 36.5 Å². The molecule has 0 aromatic heterocycles. The maximum atomic E-state index is 2.52. The van der Waals surface area contributed by atoms with E-state index in [4.69, 9.17) is 0 Å². The minimum absolute atomic E-state index is 0.458. The first kappa shape index (κ1) is 6.41. The van der Waals surface area contributed by atoms with E-state index in [9.17, 15) is 0 Å². The van der Waals surface area contributed by atoms with Gasteiger partial charge in [0.15, 0.2) is 0 Å². The summed E-state index contributed by atoms with van der Waals surface area (Å²) in [6, 6.07) is 0. The van der Waals surface area contributed by atoms with E-state index in [0.717, 1.165) is 11.8 Å². The molecule has 10 heavy (non-hydrogen) atoms. The summed E-state index contributed by atoms with van der Waals surface area (Å²) < 4.78 is 0. The molecule has 2 unspecified atom stereocenters. The smallest absolute Gasteiger partial charge is 0.0599 e. The van der Waals surface area contributed by atoms with Crippen LogP contribution < -0.4 is 0 Å². The maximum absolute atomic E-state index is 2.52. The highest BCUT2D eigenvalue weighted by atomic mass is 28.3. The zero-order chi connectivity index (χ0) is 7.14. The van der Waals surface area contributed by atoms with Crippen molar-refractivity contribution in [2.75, 3.05) is 0 Å². The Hall–Kier alpha value is -0.303. The average molecular weight is 150 g/mol. The zero-order valence-electron chi connectivity index (χ0n) is 6.67. The molecule has 0 spiro atoms. The van der Waals surface area contributed by atoms with Crippen molar-refractivity contribution >= 4 is 8.80 Å². The van der Waals surface area contributed by atoms with Gasteiger partial charge in [0.2, 0.25) is 0 Å². The molecule has 0 nitrogen and oxygen atoms in total. The fourth-order valence-corrected chi connectivity index (χ4v) is 3.82. The lowest BCUT2D eigenvalue weighted by Gasteiger charge is -2.11. The van der Waals surface area contributed by atoms with E-state index in [2.05, 4.69) is 31.3 Å². The molecule has 0 aromatic rings. The Balaban J connectivity index is 2.21. The third kappa shape index (κ3) is 0.806. The fourth-order valence-electron chi connectivity index (χ4n) is 2.09. The van der Waals surface area contributed by atoms with Crippen LogP contribution in [0.2, 0.25) is 13.1 Å². The fraction of sp³-hybridized carbons (Fsp3) is 0.556. The normalized spacial score (nSPS) is 35.7. The molecule has 2 bridgehead atoms. The Labute approximate surface area is 64.2 Å². The first-order valence-corrected chi connectivity index (χ1v) is 7.06. The van der Waals surface area contributed by atoms with Gasteiger partial charge in [-0.2, -0.15) is 0 Å². The van der Waals surface area contributed by atoms with Crippen LogP contribution >= 0.6 is 0 Å². The molecule has 0 fully saturated rings. The highest BCUT2D eigenvalue weighted by molar-refractivity contribution is 6.64. The molecule has 0 aromatic carbocycles. The summed E-state index contributed by atoms with van der Waals surface area (Å²) in [4.78, 5) is 0. The van der Waals surface area contributed by atoms with Gasteiger partial charge in [0.05, 0.1) is 8.80 Å². The number of rotatable bonds is 1. The quantitative estimate of drug-likeness (QED) is 0.397. The van der Waals surface area contributed by atoms with Gasteiger partial charge < -0.3 is 0 Å². The van der Waals surface area contributed by atoms with Gasteiger partial charge in [0.25, 0.3) is 0 Å². The monoisotopic (exact) mass is 150 g/mol. The first-order chi connectivity index (χ1) is 4.77. The molecule has 2 rings (SSSR count). The van der Waals surface area contributed by atoms with Gasteiger partial charge in [0.1, 0.15) is 0 Å². The van der Waals surface area contributed by atoms with Crippen molar-refractivity contribution in [2.45, 2.75) is 19.5 Å². The third-order valence-corrected chi connectivity index (χ3v) is 4.57. The van der Waals surface area contributed by atoms with Crippen LogP contribution in [0.5, 0.6) is 0 Å². The second-order valence-corrected chi connectivity index (χ2v) is 6.69. The number of hydrogen-bond donors (Lipinski definition) is 0. The molecular formula is C9H14Si. The summed E-state index contributed by atoms with van der Waals surface area (Å²) in [5.74, 6) is 1.70. The molecule has 0 saturated carbocycles. The second-order valence-electron chi connectivity index (χ2n) is 3.71. The Kier molecular flexibility index (Phi) is 1.34. The minimum Gasteiger partial charge on any atom is -0.0820 e. The maximum Gasteiger partial charge on any atom is 0.0599 e. The predicted octanol–water partition coefficient (Wildman–Crippen LogP) is 2.14. The molecule has 1 heteroatoms. The van der Waals surface area contributed by atoms with Crippen LogP contribution in [0, 0.1) is 11.8 Å². The molecule has 2 aliphatic rings. The Morgan fingerprint density at radius 2 is 2.20 bits per heavy atom. The van der Waals surface area contributed by atoms with Crippen LogP contribution in [0.25, 0.3) is 0 Å². The lowest BCUT2D eigenvalue weighted by atomic mass is 10.2. The van der Waals surface area contributed by atoms with Crippen LogP contribution in [0.4, 0.5) is 0 Å². The van der Waals surface area contributed by atoms with Crippen molar-refractivity contribution in [1.82, 2.24) is 0 Å². The van der Waals surface area contributed by atoms with E-state index in [1.807, 2.05) is 5.20 Å². The van der Waals surface area contributed by atoms with Crippen LogP contribution in [0.15, 0.2) is 23.4 Å². The van der Waals surface area contributed by atoms with Gasteiger partial charge in [-0.15, -0.1) is 0 Å². The number of allylic oxidation sites excluding steroid dienone is 4. The lowest BCUT2D eigenvalue weighted by molar-refractivity contribution is 0.725. The van der Waals surface area contributed by atoms with Crippen LogP contribution in [-0.2, 0) is 0 Å². The summed E-state index contributed by atoms with van der Waals surface area (Å²) in [5, 5.41) is 1.81. The summed E-state index contributed by atoms with van der Waals surface area (Å²) >= 11 is 0. The zero-order valence-corrected chi connectivity index (χ0v) is 7.83. The number of fused-ring (bicyclic) bond motifs is 2. The topological polar surface area (TPSA) is 0 Å². The van der Waals surface area contributed by atoms with Gasteiger partial charge in [-0.25, -0.2) is 0 Å². The SMILES string of the molecule is C[SiH](C)C1=CC2C=CC1C2. The Morgan fingerprint density at radius 3 is 2.50 bits per heavy atom. The standard InChI is InChI=1S/C9H14Si/c1-10(2)9-6-7-3-4-8(9)5-7/h3-4,6-8,10H,5H2,1-2H3. The summed E-state index contributed by atoms with van der Waals surface area (Å²) in [6.45, 7) is 4.86. The summed E-state index contributed by atoms with van der Waals surface area (Å²) in [7, 11) is -0.458. The average Bonchev–Trinajstić information content (AvgIpc) is 2.44. The molecule has 0 radical (unpaired) electrons. The van der Waals surface area contributed by atoms with E-state index >= 15 is 0 Å². The van der Waals surface area contributed by atoms with Crippen LogP contribution in [0.3, 0.4) is 0 Å². The van der Waals surface area contributed by atoms with Crippen molar-refractivity contribution in [3.05, 3.63) is 23.4 Å². The minimum atomic E-state index is -0.458. The van der Waals surface area contributed by atoms with Gasteiger partial charge in [0, 0.05) is 0 Å². The van der Waals surface area contributed by atoms with Crippen molar-refractivity contribution in [3.63, 3.8) is 0 Å². The highest BCUT2D eigenvalue weighted by Gasteiger charge is 2.28. The predicted molar refractivity (Wildman–Crippen MR) is 47.7 cm³/mol. The molecule has 2 aliphatic carbocycles. The van der Waals surface area contributed by atoms with Gasteiger partial charge >= 0.3 is 0 Å². The molecule has 2 atom stereocenters. The van der Waals surface area contributed by atoms with Crippen LogP contribution in [-0.4, -0.2) is 8.80 Å². The molecular weight excluding hydrogens is 136 g/mol. The van der Waals surface area contributed by atoms with Crippen molar-refractivity contribution in [3.8, 4) is 0 Å². The highest BCUT2D eigenvalue weighted by Crippen LogP contribution is 2.38. The summed E-state index contributed by atoms with van der Waals surface area (Å²) in [6.07, 6.45) is 8.69. The second kappa shape index (κ2) is 2.09.